The minimum Gasteiger partial charge on any atom is -0.325 e. The maximum atomic E-state index is 12.2. The van der Waals surface area contributed by atoms with Crippen LogP contribution < -0.4 is 5.32 Å². The first kappa shape index (κ1) is 15.7. The van der Waals surface area contributed by atoms with E-state index in [1.807, 2.05) is 24.1 Å². The lowest BCUT2D eigenvalue weighted by atomic mass is 10.1. The Kier molecular flexibility index (Phi) is 4.96. The van der Waals surface area contributed by atoms with Gasteiger partial charge in [-0.1, -0.05) is 6.07 Å². The van der Waals surface area contributed by atoms with Gasteiger partial charge in [-0.2, -0.15) is 0 Å². The zero-order valence-electron chi connectivity index (χ0n) is 12.6. The van der Waals surface area contributed by atoms with Gasteiger partial charge < -0.3 is 5.32 Å². The summed E-state index contributed by atoms with van der Waals surface area (Å²) in [6.45, 7) is 1.18. The van der Waals surface area contributed by atoms with Gasteiger partial charge in [0, 0.05) is 17.1 Å². The largest absolute Gasteiger partial charge is 0.325 e. The molecule has 3 nitrogen and oxygen atoms in total. The molecule has 1 aliphatic carbocycles. The van der Waals surface area contributed by atoms with Crippen LogP contribution in [0, 0.1) is 0 Å². The number of amides is 1. The van der Waals surface area contributed by atoms with Crippen LogP contribution in [-0.4, -0.2) is 24.4 Å². The molecule has 1 aromatic heterocycles. The molecule has 0 aliphatic heterocycles. The van der Waals surface area contributed by atoms with Gasteiger partial charge in [0.15, 0.2) is 0 Å². The Morgan fingerprint density at radius 3 is 2.86 bits per heavy atom. The standard InChI is InChI=1S/C17H19BrN2OS/c1-20(10-15-7-8-16(18)22-15)11-17(21)19-14-6-5-12-3-2-4-13(12)9-14/h5-9H,2-4,10-11H2,1H3,(H,19,21). The topological polar surface area (TPSA) is 32.3 Å². The number of thiophene rings is 1. The highest BCUT2D eigenvalue weighted by molar-refractivity contribution is 9.11. The number of anilines is 1. The van der Waals surface area contributed by atoms with E-state index in [1.54, 1.807) is 11.3 Å². The first-order valence-electron chi connectivity index (χ1n) is 7.44. The van der Waals surface area contributed by atoms with Crippen molar-refractivity contribution < 1.29 is 4.79 Å². The number of aryl methyl sites for hydroxylation is 2. The molecule has 0 bridgehead atoms. The molecule has 0 unspecified atom stereocenters. The van der Waals surface area contributed by atoms with Crippen molar-refractivity contribution in [1.82, 2.24) is 4.90 Å². The molecule has 0 atom stereocenters. The van der Waals surface area contributed by atoms with Gasteiger partial charge >= 0.3 is 0 Å². The lowest BCUT2D eigenvalue weighted by Crippen LogP contribution is -2.29. The summed E-state index contributed by atoms with van der Waals surface area (Å²) < 4.78 is 1.12. The van der Waals surface area contributed by atoms with E-state index in [9.17, 15) is 4.79 Å². The number of likely N-dealkylation sites (N-methyl/N-ethyl adjacent to an activating group) is 1. The summed E-state index contributed by atoms with van der Waals surface area (Å²) in [7, 11) is 1.97. The highest BCUT2D eigenvalue weighted by Gasteiger charge is 2.13. The monoisotopic (exact) mass is 378 g/mol. The average molecular weight is 379 g/mol. The molecule has 0 fully saturated rings. The van der Waals surface area contributed by atoms with E-state index in [4.69, 9.17) is 0 Å². The van der Waals surface area contributed by atoms with Gasteiger partial charge in [-0.05, 0) is 77.6 Å². The second-order valence-electron chi connectivity index (χ2n) is 5.76. The number of halogens is 1. The molecule has 2 aromatic rings. The summed E-state index contributed by atoms with van der Waals surface area (Å²) in [5.41, 5.74) is 3.73. The number of fused-ring (bicyclic) bond motifs is 1. The van der Waals surface area contributed by atoms with E-state index in [-0.39, 0.29) is 5.91 Å². The Labute approximate surface area is 143 Å². The van der Waals surface area contributed by atoms with Crippen LogP contribution in [0.15, 0.2) is 34.1 Å². The maximum Gasteiger partial charge on any atom is 0.238 e. The van der Waals surface area contributed by atoms with Crippen LogP contribution in [0.25, 0.3) is 0 Å². The molecule has 1 aromatic carbocycles. The molecular formula is C17H19BrN2OS. The van der Waals surface area contributed by atoms with Crippen LogP contribution >= 0.6 is 27.3 Å². The van der Waals surface area contributed by atoms with Crippen molar-refractivity contribution in [2.45, 2.75) is 25.8 Å². The average Bonchev–Trinajstić information content (AvgIpc) is 3.06. The van der Waals surface area contributed by atoms with Gasteiger partial charge in [0.25, 0.3) is 0 Å². The third-order valence-corrected chi connectivity index (χ3v) is 5.46. The van der Waals surface area contributed by atoms with E-state index in [0.717, 1.165) is 22.4 Å². The summed E-state index contributed by atoms with van der Waals surface area (Å²) in [6.07, 6.45) is 3.53. The van der Waals surface area contributed by atoms with Gasteiger partial charge in [0.05, 0.1) is 10.3 Å². The van der Waals surface area contributed by atoms with Gasteiger partial charge in [-0.25, -0.2) is 0 Å². The Hall–Kier alpha value is -1.17. The van der Waals surface area contributed by atoms with Crippen molar-refractivity contribution in [3.05, 3.63) is 50.1 Å². The minimum absolute atomic E-state index is 0.0380. The Morgan fingerprint density at radius 1 is 1.27 bits per heavy atom. The first-order chi connectivity index (χ1) is 10.6. The van der Waals surface area contributed by atoms with Crippen LogP contribution in [0.3, 0.4) is 0 Å². The van der Waals surface area contributed by atoms with Crippen LogP contribution in [0.2, 0.25) is 0 Å². The predicted molar refractivity (Wildman–Crippen MR) is 95.4 cm³/mol. The molecule has 1 heterocycles. The number of hydrogen-bond donors (Lipinski definition) is 1. The maximum absolute atomic E-state index is 12.2. The minimum atomic E-state index is 0.0380. The van der Waals surface area contributed by atoms with Crippen LogP contribution in [0.1, 0.15) is 22.4 Å². The summed E-state index contributed by atoms with van der Waals surface area (Å²) >= 11 is 5.17. The molecule has 0 saturated carbocycles. The Morgan fingerprint density at radius 2 is 2.09 bits per heavy atom. The number of rotatable bonds is 5. The zero-order chi connectivity index (χ0) is 15.5. The molecule has 0 saturated heterocycles. The normalized spacial score (nSPS) is 13.4. The highest BCUT2D eigenvalue weighted by Crippen LogP contribution is 2.25. The highest BCUT2D eigenvalue weighted by atomic mass is 79.9. The quantitative estimate of drug-likeness (QED) is 0.850. The molecule has 1 N–H and O–H groups in total. The molecule has 5 heteroatoms. The van der Waals surface area contributed by atoms with Crippen LogP contribution in [-0.2, 0) is 24.2 Å². The summed E-state index contributed by atoms with van der Waals surface area (Å²) in [4.78, 5) is 15.4. The van der Waals surface area contributed by atoms with E-state index in [2.05, 4.69) is 39.4 Å². The second kappa shape index (κ2) is 6.94. The second-order valence-corrected chi connectivity index (χ2v) is 8.31. The Balaban J connectivity index is 1.53. The summed E-state index contributed by atoms with van der Waals surface area (Å²) in [5, 5.41) is 3.01. The molecule has 0 spiro atoms. The molecular weight excluding hydrogens is 360 g/mol. The lowest BCUT2D eigenvalue weighted by molar-refractivity contribution is -0.117. The molecule has 116 valence electrons. The SMILES string of the molecule is CN(CC(=O)Nc1ccc2c(c1)CCC2)Cc1ccc(Br)s1. The molecule has 22 heavy (non-hydrogen) atoms. The summed E-state index contributed by atoms with van der Waals surface area (Å²) in [6, 6.07) is 10.4. The van der Waals surface area contributed by atoms with Crippen molar-refractivity contribution in [2.75, 3.05) is 18.9 Å². The third kappa shape index (κ3) is 3.97. The molecule has 3 rings (SSSR count). The van der Waals surface area contributed by atoms with Gasteiger partial charge in [-0.3, -0.25) is 9.69 Å². The molecule has 0 radical (unpaired) electrons. The predicted octanol–water partition coefficient (Wildman–Crippen LogP) is 4.07. The first-order valence-corrected chi connectivity index (χ1v) is 9.05. The van der Waals surface area contributed by atoms with E-state index in [1.165, 1.54) is 28.8 Å². The van der Waals surface area contributed by atoms with Crippen molar-refractivity contribution >= 4 is 38.9 Å². The van der Waals surface area contributed by atoms with Gasteiger partial charge in [-0.15, -0.1) is 11.3 Å². The molecule has 1 aliphatic rings. The van der Waals surface area contributed by atoms with Crippen molar-refractivity contribution in [3.63, 3.8) is 0 Å². The van der Waals surface area contributed by atoms with Gasteiger partial charge in [0.2, 0.25) is 5.91 Å². The van der Waals surface area contributed by atoms with Crippen LogP contribution in [0.5, 0.6) is 0 Å². The smallest absolute Gasteiger partial charge is 0.238 e. The number of hydrogen-bond acceptors (Lipinski definition) is 3. The fourth-order valence-corrected chi connectivity index (χ4v) is 4.42. The van der Waals surface area contributed by atoms with E-state index < -0.39 is 0 Å². The number of benzene rings is 1. The van der Waals surface area contributed by atoms with E-state index in [0.29, 0.717) is 6.54 Å². The fourth-order valence-electron chi connectivity index (χ4n) is 2.85. The lowest BCUT2D eigenvalue weighted by Gasteiger charge is -2.15. The summed E-state index contributed by atoms with van der Waals surface area (Å²) in [5.74, 6) is 0.0380. The van der Waals surface area contributed by atoms with Gasteiger partial charge in [0.1, 0.15) is 0 Å². The molecule has 1 amide bonds. The number of nitrogens with one attached hydrogen (secondary N) is 1. The van der Waals surface area contributed by atoms with Crippen molar-refractivity contribution in [1.29, 1.82) is 0 Å². The Bertz CT molecular complexity index is 683. The third-order valence-electron chi connectivity index (χ3n) is 3.85. The zero-order valence-corrected chi connectivity index (χ0v) is 15.0. The number of carbonyl (C=O) groups is 1. The van der Waals surface area contributed by atoms with Crippen molar-refractivity contribution in [2.24, 2.45) is 0 Å². The number of carbonyl (C=O) groups excluding carboxylic acids is 1. The van der Waals surface area contributed by atoms with Crippen molar-refractivity contribution in [3.8, 4) is 0 Å². The van der Waals surface area contributed by atoms with E-state index >= 15 is 0 Å². The fraction of sp³-hybridized carbons (Fsp3) is 0.353. The number of nitrogens with zero attached hydrogens (tertiary/aromatic N) is 1. The van der Waals surface area contributed by atoms with Crippen LogP contribution in [0.4, 0.5) is 5.69 Å².